The lowest BCUT2D eigenvalue weighted by Crippen LogP contribution is -2.33. The van der Waals surface area contributed by atoms with Gasteiger partial charge < -0.3 is 9.30 Å². The zero-order valence-electron chi connectivity index (χ0n) is 15.0. The highest BCUT2D eigenvalue weighted by molar-refractivity contribution is 7.99. The molecule has 0 bridgehead atoms. The molecule has 0 N–H and O–H groups in total. The van der Waals surface area contributed by atoms with Crippen LogP contribution in [0.5, 0.6) is 0 Å². The number of aromatic nitrogens is 2. The molecule has 3 rings (SSSR count). The second-order valence-corrected chi connectivity index (χ2v) is 9.53. The van der Waals surface area contributed by atoms with Crippen LogP contribution in [0, 0.1) is 0 Å². The van der Waals surface area contributed by atoms with Gasteiger partial charge in [0.1, 0.15) is 0 Å². The minimum Gasteiger partial charge on any atom is -0.384 e. The van der Waals surface area contributed by atoms with E-state index >= 15 is 0 Å². The normalized spacial score (nSPS) is 16.0. The highest BCUT2D eigenvalue weighted by Gasteiger charge is 2.24. The van der Waals surface area contributed by atoms with Crippen molar-refractivity contribution in [1.29, 1.82) is 0 Å². The van der Waals surface area contributed by atoms with Gasteiger partial charge in [0, 0.05) is 38.2 Å². The van der Waals surface area contributed by atoms with E-state index in [1.54, 1.807) is 6.20 Å². The number of hydrogen-bond donors (Lipinski definition) is 0. The number of thioether (sulfide) groups is 1. The summed E-state index contributed by atoms with van der Waals surface area (Å²) in [6.07, 6.45) is 1.71. The Morgan fingerprint density at radius 3 is 2.58 bits per heavy atom. The maximum absolute atomic E-state index is 12.7. The van der Waals surface area contributed by atoms with E-state index in [1.165, 1.54) is 7.11 Å². The number of ether oxygens (including phenoxy) is 1. The summed E-state index contributed by atoms with van der Waals surface area (Å²) in [6, 6.07) is 9.90. The molecule has 0 spiro atoms. The van der Waals surface area contributed by atoms with Gasteiger partial charge in [0.15, 0.2) is 0 Å². The molecule has 1 aromatic heterocycles. The fourth-order valence-electron chi connectivity index (χ4n) is 2.97. The lowest BCUT2D eigenvalue weighted by atomic mass is 10.2. The van der Waals surface area contributed by atoms with Crippen LogP contribution in [0.3, 0.4) is 0 Å². The molecule has 0 amide bonds. The molecule has 0 radical (unpaired) electrons. The molecule has 142 valence electrons. The second-order valence-electron chi connectivity index (χ2n) is 6.30. The van der Waals surface area contributed by atoms with Gasteiger partial charge in [-0.15, -0.1) is 0 Å². The van der Waals surface area contributed by atoms with Gasteiger partial charge >= 0.3 is 0 Å². The standard InChI is InChI=1S/C18H25N3O3S2/c1-24-9-12-26(22,23)18-19-13-17(15-20-7-10-25-11-8-20)21(18)14-16-5-3-2-4-6-16/h2-6,13H,7-12,14-15H2,1H3. The van der Waals surface area contributed by atoms with Crippen molar-refractivity contribution in [3.8, 4) is 0 Å². The van der Waals surface area contributed by atoms with Crippen molar-refractivity contribution in [3.05, 3.63) is 47.8 Å². The molecule has 2 heterocycles. The van der Waals surface area contributed by atoms with Crippen LogP contribution >= 0.6 is 11.8 Å². The number of hydrogen-bond acceptors (Lipinski definition) is 6. The Balaban J connectivity index is 1.90. The molecule has 2 aromatic rings. The van der Waals surface area contributed by atoms with Crippen LogP contribution in [0.25, 0.3) is 0 Å². The summed E-state index contributed by atoms with van der Waals surface area (Å²) >= 11 is 1.96. The molecular formula is C18H25N3O3S2. The molecule has 0 unspecified atom stereocenters. The van der Waals surface area contributed by atoms with E-state index in [0.717, 1.165) is 42.4 Å². The van der Waals surface area contributed by atoms with Crippen molar-refractivity contribution < 1.29 is 13.2 Å². The lowest BCUT2D eigenvalue weighted by Gasteiger charge is -2.26. The Hall–Kier alpha value is -1.35. The molecule has 0 aliphatic carbocycles. The van der Waals surface area contributed by atoms with Gasteiger partial charge in [-0.2, -0.15) is 11.8 Å². The number of nitrogens with zero attached hydrogens (tertiary/aromatic N) is 3. The summed E-state index contributed by atoms with van der Waals surface area (Å²) in [5.41, 5.74) is 2.00. The Labute approximate surface area is 159 Å². The summed E-state index contributed by atoms with van der Waals surface area (Å²) in [6.45, 7) is 3.43. The molecule has 6 nitrogen and oxygen atoms in total. The largest absolute Gasteiger partial charge is 0.384 e. The summed E-state index contributed by atoms with van der Waals surface area (Å²) in [4.78, 5) is 6.65. The van der Waals surface area contributed by atoms with E-state index in [0.29, 0.717) is 6.54 Å². The first-order valence-electron chi connectivity index (χ1n) is 8.70. The van der Waals surface area contributed by atoms with Gasteiger partial charge in [0.2, 0.25) is 15.0 Å². The van der Waals surface area contributed by atoms with Gasteiger partial charge in [-0.1, -0.05) is 30.3 Å². The van der Waals surface area contributed by atoms with Crippen LogP contribution in [0.15, 0.2) is 41.7 Å². The molecule has 1 aliphatic rings. The number of imidazole rings is 1. The molecular weight excluding hydrogens is 370 g/mol. The molecule has 26 heavy (non-hydrogen) atoms. The molecule has 1 aromatic carbocycles. The second kappa shape index (κ2) is 9.03. The van der Waals surface area contributed by atoms with Gasteiger partial charge in [0.05, 0.1) is 30.8 Å². The Kier molecular flexibility index (Phi) is 6.74. The van der Waals surface area contributed by atoms with Gasteiger partial charge in [-0.05, 0) is 5.56 Å². The smallest absolute Gasteiger partial charge is 0.228 e. The first kappa shape index (κ1) is 19.4. The maximum Gasteiger partial charge on any atom is 0.228 e. The molecule has 0 atom stereocenters. The summed E-state index contributed by atoms with van der Waals surface area (Å²) in [7, 11) is -1.98. The summed E-state index contributed by atoms with van der Waals surface area (Å²) in [5.74, 6) is 2.17. The average Bonchev–Trinajstić information content (AvgIpc) is 3.05. The fourth-order valence-corrected chi connectivity index (χ4v) is 5.25. The Morgan fingerprint density at radius 1 is 1.15 bits per heavy atom. The highest BCUT2D eigenvalue weighted by Crippen LogP contribution is 2.19. The summed E-state index contributed by atoms with van der Waals surface area (Å²) < 4.78 is 32.3. The zero-order valence-corrected chi connectivity index (χ0v) is 16.6. The third-order valence-electron chi connectivity index (χ3n) is 4.41. The molecule has 0 saturated carbocycles. The first-order valence-corrected chi connectivity index (χ1v) is 11.5. The van der Waals surface area contributed by atoms with Crippen LogP contribution in [0.1, 0.15) is 11.3 Å². The van der Waals surface area contributed by atoms with Crippen molar-refractivity contribution in [2.24, 2.45) is 0 Å². The highest BCUT2D eigenvalue weighted by atomic mass is 32.2. The maximum atomic E-state index is 12.7. The van der Waals surface area contributed by atoms with Gasteiger partial charge in [-0.25, -0.2) is 13.4 Å². The van der Waals surface area contributed by atoms with Crippen LogP contribution in [-0.2, 0) is 27.7 Å². The number of rotatable bonds is 8. The quantitative estimate of drug-likeness (QED) is 0.680. The topological polar surface area (TPSA) is 64.4 Å². The average molecular weight is 396 g/mol. The molecule has 1 saturated heterocycles. The Morgan fingerprint density at radius 2 is 1.88 bits per heavy atom. The zero-order chi connectivity index (χ0) is 18.4. The third-order valence-corrected chi connectivity index (χ3v) is 6.94. The van der Waals surface area contributed by atoms with E-state index in [9.17, 15) is 8.42 Å². The first-order chi connectivity index (χ1) is 12.6. The van der Waals surface area contributed by atoms with E-state index in [2.05, 4.69) is 9.88 Å². The molecule has 1 aliphatic heterocycles. The van der Waals surface area contributed by atoms with Crippen molar-refractivity contribution in [2.75, 3.05) is 44.1 Å². The molecule has 8 heteroatoms. The van der Waals surface area contributed by atoms with E-state index in [-0.39, 0.29) is 17.5 Å². The van der Waals surface area contributed by atoms with E-state index in [1.807, 2.05) is 46.7 Å². The lowest BCUT2D eigenvalue weighted by molar-refractivity contribution is 0.217. The van der Waals surface area contributed by atoms with Crippen LogP contribution in [-0.4, -0.2) is 66.9 Å². The SMILES string of the molecule is COCCS(=O)(=O)c1ncc(CN2CCSCC2)n1Cc1ccccc1. The Bertz CT molecular complexity index is 800. The van der Waals surface area contributed by atoms with Crippen molar-refractivity contribution in [3.63, 3.8) is 0 Å². The van der Waals surface area contributed by atoms with E-state index in [4.69, 9.17) is 4.74 Å². The van der Waals surface area contributed by atoms with Crippen molar-refractivity contribution in [1.82, 2.24) is 14.5 Å². The minimum absolute atomic E-state index is 0.0604. The van der Waals surface area contributed by atoms with Crippen molar-refractivity contribution >= 4 is 21.6 Å². The van der Waals surface area contributed by atoms with Crippen molar-refractivity contribution in [2.45, 2.75) is 18.2 Å². The number of methoxy groups -OCH3 is 1. The fraction of sp³-hybridized carbons (Fsp3) is 0.500. The molecule has 1 fully saturated rings. The van der Waals surface area contributed by atoms with Crippen LogP contribution in [0.2, 0.25) is 0 Å². The number of sulfone groups is 1. The van der Waals surface area contributed by atoms with Gasteiger partial charge in [-0.3, -0.25) is 4.90 Å². The number of benzene rings is 1. The summed E-state index contributed by atoms with van der Waals surface area (Å²) in [5, 5.41) is 0.139. The monoisotopic (exact) mass is 395 g/mol. The van der Waals surface area contributed by atoms with Crippen LogP contribution in [0.4, 0.5) is 0 Å². The van der Waals surface area contributed by atoms with Gasteiger partial charge in [0.25, 0.3) is 0 Å². The predicted octanol–water partition coefficient (Wildman–Crippen LogP) is 1.90. The predicted molar refractivity (Wildman–Crippen MR) is 104 cm³/mol. The minimum atomic E-state index is -3.49. The van der Waals surface area contributed by atoms with Crippen LogP contribution < -0.4 is 0 Å². The van der Waals surface area contributed by atoms with E-state index < -0.39 is 9.84 Å². The third kappa shape index (κ3) is 4.88.